The van der Waals surface area contributed by atoms with Crippen LogP contribution in [0.1, 0.15) is 37.2 Å². The highest BCUT2D eigenvalue weighted by Gasteiger charge is 2.43. The van der Waals surface area contributed by atoms with Gasteiger partial charge in [0, 0.05) is 38.0 Å². The van der Waals surface area contributed by atoms with E-state index in [1.165, 1.54) is 0 Å². The normalized spacial score (nSPS) is 19.8. The maximum Gasteiger partial charge on any atom is 0.141 e. The average molecular weight is 290 g/mol. The molecule has 1 saturated heterocycles. The average Bonchev–Trinajstić information content (AvgIpc) is 2.93. The second-order valence-corrected chi connectivity index (χ2v) is 5.65. The van der Waals surface area contributed by atoms with E-state index in [1.807, 2.05) is 38.1 Å². The van der Waals surface area contributed by atoms with Crippen LogP contribution < -0.4 is 0 Å². The molecule has 1 N–H and O–H groups in total. The highest BCUT2D eigenvalue weighted by molar-refractivity contribution is 5.81. The van der Waals surface area contributed by atoms with Crippen molar-refractivity contribution in [2.24, 2.45) is 0 Å². The summed E-state index contributed by atoms with van der Waals surface area (Å²) in [5.41, 5.74) is 1.31. The number of para-hydroxylation sites is 1. The Labute approximate surface area is 124 Å². The molecular formula is C17H22O4. The molecule has 1 aliphatic rings. The van der Waals surface area contributed by atoms with E-state index in [9.17, 15) is 5.11 Å². The smallest absolute Gasteiger partial charge is 0.141 e. The number of hydrogen-bond donors (Lipinski definition) is 1. The molecule has 4 heteroatoms. The number of rotatable bonds is 4. The zero-order valence-corrected chi connectivity index (χ0v) is 12.6. The van der Waals surface area contributed by atoms with Crippen molar-refractivity contribution in [2.45, 2.75) is 38.4 Å². The van der Waals surface area contributed by atoms with Crippen molar-refractivity contribution < 1.29 is 19.0 Å². The number of aliphatic hydroxyl groups excluding tert-OH is 1. The lowest BCUT2D eigenvalue weighted by Gasteiger charge is -2.39. The summed E-state index contributed by atoms with van der Waals surface area (Å²) < 4.78 is 17.3. The number of fused-ring (bicyclic) bond motifs is 1. The van der Waals surface area contributed by atoms with E-state index in [1.54, 1.807) is 0 Å². The fourth-order valence-corrected chi connectivity index (χ4v) is 3.12. The molecule has 0 radical (unpaired) electrons. The van der Waals surface area contributed by atoms with E-state index in [0.29, 0.717) is 38.4 Å². The van der Waals surface area contributed by atoms with Gasteiger partial charge in [-0.05, 0) is 25.5 Å². The molecule has 2 heterocycles. The van der Waals surface area contributed by atoms with E-state index in [-0.39, 0.29) is 0 Å². The summed E-state index contributed by atoms with van der Waals surface area (Å²) in [7, 11) is 0. The lowest BCUT2D eigenvalue weighted by molar-refractivity contribution is -0.172. The lowest BCUT2D eigenvalue weighted by atomic mass is 9.86. The predicted octanol–water partition coefficient (Wildman–Crippen LogP) is 3.36. The van der Waals surface area contributed by atoms with E-state index in [4.69, 9.17) is 13.9 Å². The molecule has 1 unspecified atom stereocenters. The van der Waals surface area contributed by atoms with Gasteiger partial charge >= 0.3 is 0 Å². The van der Waals surface area contributed by atoms with E-state index in [0.717, 1.165) is 16.5 Å². The molecule has 1 aromatic heterocycles. The fourth-order valence-electron chi connectivity index (χ4n) is 3.12. The van der Waals surface area contributed by atoms with E-state index < -0.39 is 11.7 Å². The van der Waals surface area contributed by atoms with Crippen molar-refractivity contribution in [3.05, 3.63) is 35.6 Å². The lowest BCUT2D eigenvalue weighted by Crippen LogP contribution is -2.44. The van der Waals surface area contributed by atoms with Crippen LogP contribution in [-0.4, -0.2) is 30.5 Å². The van der Waals surface area contributed by atoms with Gasteiger partial charge in [0.25, 0.3) is 0 Å². The monoisotopic (exact) mass is 290 g/mol. The summed E-state index contributed by atoms with van der Waals surface area (Å²) in [6.45, 7) is 5.74. The molecule has 1 aromatic carbocycles. The third kappa shape index (κ3) is 2.59. The Morgan fingerprint density at radius 1 is 1.33 bits per heavy atom. The second kappa shape index (κ2) is 5.79. The van der Waals surface area contributed by atoms with Crippen molar-refractivity contribution in [1.29, 1.82) is 0 Å². The molecule has 1 aliphatic heterocycles. The van der Waals surface area contributed by atoms with Crippen LogP contribution in [-0.2, 0) is 9.47 Å². The van der Waals surface area contributed by atoms with Gasteiger partial charge in [-0.1, -0.05) is 18.2 Å². The van der Waals surface area contributed by atoms with Crippen molar-refractivity contribution in [1.82, 2.24) is 0 Å². The molecule has 1 fully saturated rings. The van der Waals surface area contributed by atoms with Gasteiger partial charge in [-0.3, -0.25) is 0 Å². The van der Waals surface area contributed by atoms with Gasteiger partial charge in [-0.15, -0.1) is 0 Å². The highest BCUT2D eigenvalue weighted by Crippen LogP contribution is 2.39. The third-order valence-electron chi connectivity index (χ3n) is 4.30. The summed E-state index contributed by atoms with van der Waals surface area (Å²) in [4.78, 5) is 0. The topological polar surface area (TPSA) is 51.8 Å². The largest absolute Gasteiger partial charge is 0.458 e. The van der Waals surface area contributed by atoms with Crippen LogP contribution in [0.4, 0.5) is 0 Å². The molecule has 114 valence electrons. The van der Waals surface area contributed by atoms with Crippen molar-refractivity contribution in [3.63, 3.8) is 0 Å². The van der Waals surface area contributed by atoms with Gasteiger partial charge in [-0.2, -0.15) is 0 Å². The van der Waals surface area contributed by atoms with Crippen LogP contribution in [0, 0.1) is 6.92 Å². The summed E-state index contributed by atoms with van der Waals surface area (Å²) in [6, 6.07) is 7.92. The molecular weight excluding hydrogens is 268 g/mol. The van der Waals surface area contributed by atoms with Gasteiger partial charge in [0.2, 0.25) is 0 Å². The van der Waals surface area contributed by atoms with Gasteiger partial charge in [0.1, 0.15) is 23.0 Å². The van der Waals surface area contributed by atoms with Gasteiger partial charge in [-0.25, -0.2) is 0 Å². The van der Waals surface area contributed by atoms with Crippen LogP contribution in [0.5, 0.6) is 0 Å². The minimum Gasteiger partial charge on any atom is -0.458 e. The number of benzene rings is 1. The molecule has 0 bridgehead atoms. The predicted molar refractivity (Wildman–Crippen MR) is 80.3 cm³/mol. The van der Waals surface area contributed by atoms with E-state index >= 15 is 0 Å². The number of aryl methyl sites for hydroxylation is 1. The first-order valence-corrected chi connectivity index (χ1v) is 7.55. The molecule has 0 spiro atoms. The Kier molecular flexibility index (Phi) is 4.02. The first-order valence-electron chi connectivity index (χ1n) is 7.55. The first-order chi connectivity index (χ1) is 10.2. The number of aliphatic hydroxyl groups is 1. The van der Waals surface area contributed by atoms with Crippen LogP contribution in [0.25, 0.3) is 11.0 Å². The van der Waals surface area contributed by atoms with Crippen molar-refractivity contribution >= 4 is 11.0 Å². The Bertz CT molecular complexity index is 605. The number of furan rings is 1. The Morgan fingerprint density at radius 3 is 2.76 bits per heavy atom. The van der Waals surface area contributed by atoms with Crippen LogP contribution in [0.3, 0.4) is 0 Å². The molecule has 0 amide bonds. The summed E-state index contributed by atoms with van der Waals surface area (Å²) in [6.07, 6.45) is 0.587. The minimum absolute atomic E-state index is 0.566. The van der Waals surface area contributed by atoms with Crippen LogP contribution in [0.15, 0.2) is 28.7 Å². The molecule has 0 aliphatic carbocycles. The second-order valence-electron chi connectivity index (χ2n) is 5.65. The maximum absolute atomic E-state index is 10.8. The van der Waals surface area contributed by atoms with E-state index in [2.05, 4.69) is 0 Å². The zero-order valence-electron chi connectivity index (χ0n) is 12.6. The maximum atomic E-state index is 10.8. The summed E-state index contributed by atoms with van der Waals surface area (Å²) in [5, 5.41) is 11.9. The van der Waals surface area contributed by atoms with Crippen LogP contribution in [0.2, 0.25) is 0 Å². The van der Waals surface area contributed by atoms with Crippen LogP contribution >= 0.6 is 0 Å². The Morgan fingerprint density at radius 2 is 2.10 bits per heavy atom. The van der Waals surface area contributed by atoms with Crippen molar-refractivity contribution in [3.8, 4) is 0 Å². The summed E-state index contributed by atoms with van der Waals surface area (Å²) >= 11 is 0. The fraction of sp³-hybridized carbons (Fsp3) is 0.529. The standard InChI is InChI=1S/C17H22O4/c1-3-20-17(7-9-19-10-8-17)16(18)14-11-13-6-4-5-12(2)15(13)21-14/h4-6,11,16,18H,3,7-10H2,1-2H3. The Hall–Kier alpha value is -1.36. The highest BCUT2D eigenvalue weighted by atomic mass is 16.5. The molecule has 1 atom stereocenters. The quantitative estimate of drug-likeness (QED) is 0.938. The third-order valence-corrected chi connectivity index (χ3v) is 4.30. The molecule has 0 saturated carbocycles. The Balaban J connectivity index is 1.97. The minimum atomic E-state index is -0.770. The number of ether oxygens (including phenoxy) is 2. The molecule has 4 nitrogen and oxygen atoms in total. The summed E-state index contributed by atoms with van der Waals surface area (Å²) in [5.74, 6) is 0.578. The first kappa shape index (κ1) is 14.6. The zero-order chi connectivity index (χ0) is 14.9. The van der Waals surface area contributed by atoms with Crippen molar-refractivity contribution in [2.75, 3.05) is 19.8 Å². The van der Waals surface area contributed by atoms with Gasteiger partial charge < -0.3 is 19.0 Å². The van der Waals surface area contributed by atoms with Gasteiger partial charge in [0.15, 0.2) is 0 Å². The SMILES string of the molecule is CCOC1(C(O)c2cc3cccc(C)c3o2)CCOCC1. The molecule has 2 aromatic rings. The molecule has 3 rings (SSSR count). The number of hydrogen-bond acceptors (Lipinski definition) is 4. The molecule has 21 heavy (non-hydrogen) atoms. The van der Waals surface area contributed by atoms with Gasteiger partial charge in [0.05, 0.1) is 0 Å².